The summed E-state index contributed by atoms with van der Waals surface area (Å²) in [5.74, 6) is -0.365. The van der Waals surface area contributed by atoms with Gasteiger partial charge in [0.1, 0.15) is 18.2 Å². The number of hydrogen-bond donors (Lipinski definition) is 1. The molecule has 0 aromatic heterocycles. The molecule has 0 atom stereocenters. The van der Waals surface area contributed by atoms with Gasteiger partial charge < -0.3 is 10.5 Å². The van der Waals surface area contributed by atoms with Crippen LogP contribution in [0.2, 0.25) is 0 Å². The number of ether oxygens (including phenoxy) is 1. The van der Waals surface area contributed by atoms with Crippen molar-refractivity contribution < 1.29 is 13.5 Å². The predicted octanol–water partition coefficient (Wildman–Crippen LogP) is 3.89. The molecule has 0 aliphatic heterocycles. The zero-order valence-corrected chi connectivity index (χ0v) is 10.9. The quantitative estimate of drug-likeness (QED) is 0.873. The first-order valence-electron chi connectivity index (χ1n) is 5.18. The molecule has 0 aliphatic carbocycles. The Kier molecular flexibility index (Phi) is 3.81. The molecule has 2 aromatic rings. The van der Waals surface area contributed by atoms with E-state index >= 15 is 0 Å². The molecule has 0 saturated heterocycles. The molecule has 0 bridgehead atoms. The van der Waals surface area contributed by atoms with E-state index in [9.17, 15) is 8.78 Å². The fourth-order valence-corrected chi connectivity index (χ4v) is 2.03. The largest absolute Gasteiger partial charge is 0.486 e. The van der Waals surface area contributed by atoms with Gasteiger partial charge in [0, 0.05) is 6.07 Å². The average Bonchev–Trinajstić information content (AvgIpc) is 2.30. The summed E-state index contributed by atoms with van der Waals surface area (Å²) in [5.41, 5.74) is 6.67. The molecule has 2 rings (SSSR count). The van der Waals surface area contributed by atoms with Crippen molar-refractivity contribution in [3.8, 4) is 5.75 Å². The van der Waals surface area contributed by atoms with E-state index in [-0.39, 0.29) is 18.1 Å². The maximum absolute atomic E-state index is 13.0. The average molecular weight is 314 g/mol. The van der Waals surface area contributed by atoms with Crippen molar-refractivity contribution in [2.45, 2.75) is 6.61 Å². The van der Waals surface area contributed by atoms with Crippen LogP contribution in [-0.2, 0) is 6.61 Å². The molecule has 0 saturated carbocycles. The first-order chi connectivity index (χ1) is 8.56. The second-order valence-corrected chi connectivity index (χ2v) is 4.58. The Bertz CT molecular complexity index is 534. The molecule has 0 amide bonds. The van der Waals surface area contributed by atoms with Gasteiger partial charge in [0.15, 0.2) is 5.75 Å². The van der Waals surface area contributed by atoms with E-state index in [0.717, 1.165) is 5.56 Å². The van der Waals surface area contributed by atoms with Gasteiger partial charge in [-0.3, -0.25) is 0 Å². The van der Waals surface area contributed by atoms with Gasteiger partial charge in [-0.1, -0.05) is 12.1 Å². The molecule has 0 unspecified atom stereocenters. The number of nitrogens with two attached hydrogens (primary N) is 1. The van der Waals surface area contributed by atoms with Crippen LogP contribution in [0.1, 0.15) is 5.56 Å². The molecular weight excluding hydrogens is 304 g/mol. The molecule has 94 valence electrons. The minimum absolute atomic E-state index is 0.212. The summed E-state index contributed by atoms with van der Waals surface area (Å²) in [6, 6.07) is 8.39. The number of anilines is 1. The third kappa shape index (κ3) is 2.98. The molecule has 0 fully saturated rings. The Morgan fingerprint density at radius 2 is 1.72 bits per heavy atom. The lowest BCUT2D eigenvalue weighted by atomic mass is 10.2. The topological polar surface area (TPSA) is 35.2 Å². The van der Waals surface area contributed by atoms with Crippen molar-refractivity contribution in [2.75, 3.05) is 5.73 Å². The van der Waals surface area contributed by atoms with Crippen molar-refractivity contribution in [1.82, 2.24) is 0 Å². The SMILES string of the molecule is Nc1cc(F)cc(Br)c1OCc1ccc(F)cc1. The lowest BCUT2D eigenvalue weighted by Gasteiger charge is -2.11. The molecule has 0 heterocycles. The maximum Gasteiger partial charge on any atom is 0.157 e. The molecule has 18 heavy (non-hydrogen) atoms. The van der Waals surface area contributed by atoms with Gasteiger partial charge in [-0.2, -0.15) is 0 Å². The Hall–Kier alpha value is -1.62. The summed E-state index contributed by atoms with van der Waals surface area (Å²) in [6.07, 6.45) is 0. The van der Waals surface area contributed by atoms with Crippen LogP contribution in [0.4, 0.5) is 14.5 Å². The van der Waals surface area contributed by atoms with Gasteiger partial charge in [0.25, 0.3) is 0 Å². The summed E-state index contributed by atoms with van der Waals surface area (Å²) in [5, 5.41) is 0. The summed E-state index contributed by atoms with van der Waals surface area (Å²) >= 11 is 3.18. The summed E-state index contributed by atoms with van der Waals surface area (Å²) in [4.78, 5) is 0. The Morgan fingerprint density at radius 3 is 2.33 bits per heavy atom. The van der Waals surface area contributed by atoms with Crippen LogP contribution in [0.25, 0.3) is 0 Å². The van der Waals surface area contributed by atoms with E-state index in [2.05, 4.69) is 15.9 Å². The van der Waals surface area contributed by atoms with Crippen LogP contribution in [-0.4, -0.2) is 0 Å². The highest BCUT2D eigenvalue weighted by Crippen LogP contribution is 2.32. The lowest BCUT2D eigenvalue weighted by Crippen LogP contribution is -2.00. The first-order valence-corrected chi connectivity index (χ1v) is 5.97. The number of benzene rings is 2. The highest BCUT2D eigenvalue weighted by Gasteiger charge is 2.08. The van der Waals surface area contributed by atoms with Gasteiger partial charge in [-0.05, 0) is 39.7 Å². The standard InChI is InChI=1S/C13H10BrF2NO/c14-11-5-10(16)6-12(17)13(11)18-7-8-1-3-9(15)4-2-8/h1-6H,7,17H2. The minimum Gasteiger partial charge on any atom is -0.486 e. The number of hydrogen-bond acceptors (Lipinski definition) is 2. The second-order valence-electron chi connectivity index (χ2n) is 3.72. The highest BCUT2D eigenvalue weighted by atomic mass is 79.9. The molecule has 2 N–H and O–H groups in total. The molecule has 2 nitrogen and oxygen atoms in total. The van der Waals surface area contributed by atoms with Crippen molar-refractivity contribution in [3.63, 3.8) is 0 Å². The predicted molar refractivity (Wildman–Crippen MR) is 69.2 cm³/mol. The van der Waals surface area contributed by atoms with Gasteiger partial charge in [-0.25, -0.2) is 8.78 Å². The van der Waals surface area contributed by atoms with E-state index in [4.69, 9.17) is 10.5 Å². The maximum atomic E-state index is 13.0. The van der Waals surface area contributed by atoms with E-state index in [1.165, 1.54) is 24.3 Å². The zero-order valence-electron chi connectivity index (χ0n) is 9.29. The molecule has 2 aromatic carbocycles. The normalized spacial score (nSPS) is 10.4. The van der Waals surface area contributed by atoms with Crippen LogP contribution in [0.3, 0.4) is 0 Å². The monoisotopic (exact) mass is 313 g/mol. The van der Waals surface area contributed by atoms with Crippen LogP contribution in [0.5, 0.6) is 5.75 Å². The van der Waals surface area contributed by atoms with Crippen LogP contribution < -0.4 is 10.5 Å². The summed E-state index contributed by atoms with van der Waals surface area (Å²) < 4.78 is 31.7. The fourth-order valence-electron chi connectivity index (χ4n) is 1.47. The molecule has 0 spiro atoms. The smallest absolute Gasteiger partial charge is 0.157 e. The van der Waals surface area contributed by atoms with Gasteiger partial charge >= 0.3 is 0 Å². The fraction of sp³-hybridized carbons (Fsp3) is 0.0769. The number of nitrogen functional groups attached to an aromatic ring is 1. The van der Waals surface area contributed by atoms with Crippen LogP contribution in [0.15, 0.2) is 40.9 Å². The van der Waals surface area contributed by atoms with Crippen molar-refractivity contribution in [3.05, 3.63) is 58.1 Å². The van der Waals surface area contributed by atoms with Crippen molar-refractivity contribution in [2.24, 2.45) is 0 Å². The highest BCUT2D eigenvalue weighted by molar-refractivity contribution is 9.10. The van der Waals surface area contributed by atoms with Gasteiger partial charge in [-0.15, -0.1) is 0 Å². The Labute approximate surface area is 112 Å². The van der Waals surface area contributed by atoms with Gasteiger partial charge in [0.05, 0.1) is 10.2 Å². The summed E-state index contributed by atoms with van der Waals surface area (Å²) in [7, 11) is 0. The van der Waals surface area contributed by atoms with E-state index in [1.807, 2.05) is 0 Å². The van der Waals surface area contributed by atoms with E-state index < -0.39 is 5.82 Å². The molecule has 0 aliphatic rings. The van der Waals surface area contributed by atoms with Crippen molar-refractivity contribution >= 4 is 21.6 Å². The second kappa shape index (κ2) is 5.35. The molecular formula is C13H10BrF2NO. The van der Waals surface area contributed by atoms with Crippen LogP contribution in [0, 0.1) is 11.6 Å². The molecule has 0 radical (unpaired) electrons. The van der Waals surface area contributed by atoms with Gasteiger partial charge in [0.2, 0.25) is 0 Å². The Balaban J connectivity index is 2.13. The lowest BCUT2D eigenvalue weighted by molar-refractivity contribution is 0.305. The number of halogens is 3. The first kappa shape index (κ1) is 12.8. The molecule has 5 heteroatoms. The van der Waals surface area contributed by atoms with Crippen LogP contribution >= 0.6 is 15.9 Å². The minimum atomic E-state index is -0.437. The Morgan fingerprint density at radius 1 is 1.06 bits per heavy atom. The van der Waals surface area contributed by atoms with E-state index in [1.54, 1.807) is 12.1 Å². The number of rotatable bonds is 3. The summed E-state index contributed by atoms with van der Waals surface area (Å²) in [6.45, 7) is 0.231. The zero-order chi connectivity index (χ0) is 13.1. The van der Waals surface area contributed by atoms with E-state index in [0.29, 0.717) is 10.2 Å². The van der Waals surface area contributed by atoms with Crippen molar-refractivity contribution in [1.29, 1.82) is 0 Å². The third-order valence-electron chi connectivity index (χ3n) is 2.33. The third-order valence-corrected chi connectivity index (χ3v) is 2.92.